The van der Waals surface area contributed by atoms with Gasteiger partial charge in [-0.1, -0.05) is 45.2 Å². The number of rotatable bonds is 4. The molecule has 1 amide bonds. The number of hydrogen-bond acceptors (Lipinski definition) is 3. The molecule has 4 nitrogen and oxygen atoms in total. The van der Waals surface area contributed by atoms with E-state index >= 15 is 0 Å². The third-order valence-corrected chi connectivity index (χ3v) is 3.83. The van der Waals surface area contributed by atoms with Crippen LogP contribution in [0.25, 0.3) is 0 Å². The van der Waals surface area contributed by atoms with Crippen LogP contribution < -0.4 is 5.32 Å². The van der Waals surface area contributed by atoms with Gasteiger partial charge in [0, 0.05) is 10.2 Å². The third kappa shape index (κ3) is 4.73. The first-order chi connectivity index (χ1) is 10.5. The second kappa shape index (κ2) is 7.63. The van der Waals surface area contributed by atoms with Crippen molar-refractivity contribution in [2.45, 2.75) is 0 Å². The number of halogens is 3. The van der Waals surface area contributed by atoms with E-state index in [1.54, 1.807) is 18.2 Å². The second-order valence-electron chi connectivity index (χ2n) is 4.26. The summed E-state index contributed by atoms with van der Waals surface area (Å²) in [6.45, 7) is -0.397. The zero-order valence-corrected chi connectivity index (χ0v) is 14.2. The van der Waals surface area contributed by atoms with Crippen molar-refractivity contribution in [1.29, 1.82) is 0 Å². The monoisotopic (exact) mass is 401 g/mol. The molecule has 7 heteroatoms. The highest BCUT2D eigenvalue weighted by Gasteiger charge is 2.12. The normalized spacial score (nSPS) is 10.1. The molecule has 0 atom stereocenters. The summed E-state index contributed by atoms with van der Waals surface area (Å²) in [7, 11) is 0. The summed E-state index contributed by atoms with van der Waals surface area (Å²) >= 11 is 14.9. The molecular weight excluding hydrogens is 393 g/mol. The summed E-state index contributed by atoms with van der Waals surface area (Å²) in [5.41, 5.74) is 0.828. The fourth-order valence-corrected chi connectivity index (χ4v) is 2.30. The lowest BCUT2D eigenvalue weighted by Gasteiger charge is -2.07. The van der Waals surface area contributed by atoms with Crippen LogP contribution in [0.4, 0.5) is 5.69 Å². The van der Waals surface area contributed by atoms with Crippen LogP contribution in [0.15, 0.2) is 46.9 Å². The van der Waals surface area contributed by atoms with E-state index in [1.165, 1.54) is 18.2 Å². The lowest BCUT2D eigenvalue weighted by molar-refractivity contribution is -0.119. The summed E-state index contributed by atoms with van der Waals surface area (Å²) in [5, 5.41) is 3.20. The Morgan fingerprint density at radius 1 is 1.09 bits per heavy atom. The van der Waals surface area contributed by atoms with Gasteiger partial charge < -0.3 is 10.1 Å². The molecule has 1 N–H and O–H groups in total. The van der Waals surface area contributed by atoms with E-state index in [0.717, 1.165) is 4.47 Å². The number of benzene rings is 2. The molecule has 0 aliphatic heterocycles. The van der Waals surface area contributed by atoms with Crippen LogP contribution in [-0.4, -0.2) is 18.5 Å². The largest absolute Gasteiger partial charge is 0.452 e. The third-order valence-electron chi connectivity index (χ3n) is 2.60. The van der Waals surface area contributed by atoms with Gasteiger partial charge in [-0.2, -0.15) is 0 Å². The molecule has 0 bridgehead atoms. The van der Waals surface area contributed by atoms with Crippen LogP contribution >= 0.6 is 39.1 Å². The molecular formula is C15H10BrCl2NO3. The lowest BCUT2D eigenvalue weighted by Crippen LogP contribution is -2.20. The number of amides is 1. The molecule has 0 heterocycles. The maximum Gasteiger partial charge on any atom is 0.338 e. The Bertz CT molecular complexity index is 722. The SMILES string of the molecule is O=C(COC(=O)c1ccc(Cl)c(Cl)c1)Nc1cccc(Br)c1. The molecule has 0 fully saturated rings. The minimum atomic E-state index is -0.650. The summed E-state index contributed by atoms with van der Waals surface area (Å²) in [6.07, 6.45) is 0. The minimum absolute atomic E-state index is 0.227. The average molecular weight is 403 g/mol. The maximum absolute atomic E-state index is 11.8. The number of hydrogen-bond donors (Lipinski definition) is 1. The van der Waals surface area contributed by atoms with Crippen molar-refractivity contribution in [3.63, 3.8) is 0 Å². The predicted octanol–water partition coefficient (Wildman–Crippen LogP) is 4.55. The molecule has 114 valence electrons. The van der Waals surface area contributed by atoms with E-state index in [0.29, 0.717) is 10.7 Å². The van der Waals surface area contributed by atoms with Crippen molar-refractivity contribution in [2.24, 2.45) is 0 Å². The van der Waals surface area contributed by atoms with Crippen LogP contribution in [-0.2, 0) is 9.53 Å². The Balaban J connectivity index is 1.90. The molecule has 0 unspecified atom stereocenters. The van der Waals surface area contributed by atoms with E-state index in [-0.39, 0.29) is 10.6 Å². The van der Waals surface area contributed by atoms with Crippen LogP contribution in [0.3, 0.4) is 0 Å². The number of carbonyl (C=O) groups excluding carboxylic acids is 2. The highest BCUT2D eigenvalue weighted by atomic mass is 79.9. The average Bonchev–Trinajstić information content (AvgIpc) is 2.47. The molecule has 0 aromatic heterocycles. The maximum atomic E-state index is 11.8. The van der Waals surface area contributed by atoms with E-state index in [1.807, 2.05) is 6.07 Å². The molecule has 0 aliphatic rings. The first-order valence-electron chi connectivity index (χ1n) is 6.13. The molecule has 0 saturated carbocycles. The van der Waals surface area contributed by atoms with Crippen molar-refractivity contribution < 1.29 is 14.3 Å². The minimum Gasteiger partial charge on any atom is -0.452 e. The fourth-order valence-electron chi connectivity index (χ4n) is 1.60. The Morgan fingerprint density at radius 2 is 1.86 bits per heavy atom. The van der Waals surface area contributed by atoms with Crippen LogP contribution in [0.2, 0.25) is 10.0 Å². The quantitative estimate of drug-likeness (QED) is 0.763. The van der Waals surface area contributed by atoms with Gasteiger partial charge in [0.2, 0.25) is 0 Å². The molecule has 0 aliphatic carbocycles. The smallest absolute Gasteiger partial charge is 0.338 e. The summed E-state index contributed by atoms with van der Waals surface area (Å²) in [5.74, 6) is -1.09. The van der Waals surface area contributed by atoms with Gasteiger partial charge in [0.15, 0.2) is 6.61 Å². The fraction of sp³-hybridized carbons (Fsp3) is 0.0667. The van der Waals surface area contributed by atoms with Gasteiger partial charge in [-0.15, -0.1) is 0 Å². The summed E-state index contributed by atoms with van der Waals surface area (Å²) in [4.78, 5) is 23.5. The van der Waals surface area contributed by atoms with Gasteiger partial charge in [-0.3, -0.25) is 4.79 Å². The first kappa shape index (κ1) is 16.8. The topological polar surface area (TPSA) is 55.4 Å². The number of anilines is 1. The van der Waals surface area contributed by atoms with Gasteiger partial charge in [0.25, 0.3) is 5.91 Å². The van der Waals surface area contributed by atoms with E-state index in [4.69, 9.17) is 27.9 Å². The van der Waals surface area contributed by atoms with Gasteiger partial charge >= 0.3 is 5.97 Å². The highest BCUT2D eigenvalue weighted by molar-refractivity contribution is 9.10. The Morgan fingerprint density at radius 3 is 2.55 bits per heavy atom. The van der Waals surface area contributed by atoms with Gasteiger partial charge in [0.1, 0.15) is 0 Å². The zero-order chi connectivity index (χ0) is 16.1. The van der Waals surface area contributed by atoms with Gasteiger partial charge in [-0.05, 0) is 36.4 Å². The van der Waals surface area contributed by atoms with Crippen molar-refractivity contribution in [2.75, 3.05) is 11.9 Å². The molecule has 0 saturated heterocycles. The number of esters is 1. The first-order valence-corrected chi connectivity index (χ1v) is 7.68. The lowest BCUT2D eigenvalue weighted by atomic mass is 10.2. The molecule has 2 aromatic rings. The van der Waals surface area contributed by atoms with Crippen LogP contribution in [0, 0.1) is 0 Å². The standard InChI is InChI=1S/C15H10BrCl2NO3/c16-10-2-1-3-11(7-10)19-14(20)8-22-15(21)9-4-5-12(17)13(18)6-9/h1-7H,8H2,(H,19,20). The molecule has 22 heavy (non-hydrogen) atoms. The van der Waals surface area contributed by atoms with Crippen molar-refractivity contribution in [1.82, 2.24) is 0 Å². The number of nitrogens with one attached hydrogen (secondary N) is 1. The number of carbonyl (C=O) groups is 2. The van der Waals surface area contributed by atoms with Gasteiger partial charge in [-0.25, -0.2) is 4.79 Å². The van der Waals surface area contributed by atoms with Crippen LogP contribution in [0.1, 0.15) is 10.4 Å². The summed E-state index contributed by atoms with van der Waals surface area (Å²) < 4.78 is 5.75. The molecule has 0 spiro atoms. The molecule has 0 radical (unpaired) electrons. The Labute approximate surface area is 145 Å². The number of ether oxygens (including phenoxy) is 1. The molecule has 2 aromatic carbocycles. The van der Waals surface area contributed by atoms with E-state index in [9.17, 15) is 9.59 Å². The van der Waals surface area contributed by atoms with Crippen LogP contribution in [0.5, 0.6) is 0 Å². The van der Waals surface area contributed by atoms with Crippen molar-refractivity contribution in [3.8, 4) is 0 Å². The summed E-state index contributed by atoms with van der Waals surface area (Å²) in [6, 6.07) is 11.4. The van der Waals surface area contributed by atoms with Crippen molar-refractivity contribution >= 4 is 56.7 Å². The predicted molar refractivity (Wildman–Crippen MR) is 89.5 cm³/mol. The van der Waals surface area contributed by atoms with E-state index in [2.05, 4.69) is 21.2 Å². The zero-order valence-electron chi connectivity index (χ0n) is 11.1. The molecule has 2 rings (SSSR count). The highest BCUT2D eigenvalue weighted by Crippen LogP contribution is 2.23. The second-order valence-corrected chi connectivity index (χ2v) is 5.99. The van der Waals surface area contributed by atoms with E-state index < -0.39 is 18.5 Å². The Hall–Kier alpha value is -1.56. The van der Waals surface area contributed by atoms with Crippen molar-refractivity contribution in [3.05, 3.63) is 62.5 Å². The Kier molecular flexibility index (Phi) is 5.83. The van der Waals surface area contributed by atoms with Gasteiger partial charge in [0.05, 0.1) is 15.6 Å².